The molecule has 2 aliphatic rings. The summed E-state index contributed by atoms with van der Waals surface area (Å²) in [6.07, 6.45) is -0.617. The molecular weight excluding hydrogens is 270 g/mol. The van der Waals surface area contributed by atoms with Crippen LogP contribution in [0.4, 0.5) is 14.6 Å². The maximum atomic E-state index is 11.8. The number of nitrogens with one attached hydrogen (secondary N) is 1. The number of carbonyl (C=O) groups excluding carboxylic acids is 3. The predicted octanol–water partition coefficient (Wildman–Crippen LogP) is 0.943. The lowest BCUT2D eigenvalue weighted by Crippen LogP contribution is -2.63. The van der Waals surface area contributed by atoms with Crippen molar-refractivity contribution in [1.29, 1.82) is 0 Å². The Bertz CT molecular complexity index is 508. The predicted molar refractivity (Wildman–Crippen MR) is 66.9 cm³/mol. The molecule has 0 aliphatic carbocycles. The minimum Gasteiger partial charge on any atom is -0.439 e. The van der Waals surface area contributed by atoms with Gasteiger partial charge in [-0.15, -0.1) is 11.3 Å². The molecule has 4 amide bonds. The molecule has 0 saturated carbocycles. The second-order valence-electron chi connectivity index (χ2n) is 4.28. The fourth-order valence-electron chi connectivity index (χ4n) is 2.04. The highest BCUT2D eigenvalue weighted by atomic mass is 32.1. The number of cyclic esters (lactones) is 1. The van der Waals surface area contributed by atoms with Gasteiger partial charge in [-0.25, -0.2) is 14.5 Å². The molecule has 2 fully saturated rings. The van der Waals surface area contributed by atoms with Gasteiger partial charge in [0.05, 0.1) is 11.0 Å². The molecule has 2 saturated heterocycles. The van der Waals surface area contributed by atoms with Crippen LogP contribution < -0.4 is 5.32 Å². The fraction of sp³-hybridized carbons (Fsp3) is 0.364. The molecule has 1 N–H and O–H groups in total. The maximum absolute atomic E-state index is 11.8. The summed E-state index contributed by atoms with van der Waals surface area (Å²) in [6, 6.07) is 3.16. The van der Waals surface area contributed by atoms with Crippen LogP contribution in [0.2, 0.25) is 0 Å². The molecule has 3 rings (SSSR count). The monoisotopic (exact) mass is 281 g/mol. The largest absolute Gasteiger partial charge is 0.439 e. The molecule has 0 atom stereocenters. The number of imide groups is 1. The van der Waals surface area contributed by atoms with Gasteiger partial charge in [0.25, 0.3) is 5.91 Å². The molecule has 0 spiro atoms. The zero-order valence-corrected chi connectivity index (χ0v) is 10.7. The highest BCUT2D eigenvalue weighted by molar-refractivity contribution is 7.14. The third-order valence-corrected chi connectivity index (χ3v) is 3.84. The lowest BCUT2D eigenvalue weighted by molar-refractivity contribution is -0.129. The van der Waals surface area contributed by atoms with Crippen molar-refractivity contribution in [2.24, 2.45) is 0 Å². The van der Waals surface area contributed by atoms with Gasteiger partial charge in [-0.2, -0.15) is 0 Å². The zero-order chi connectivity index (χ0) is 13.4. The highest BCUT2D eigenvalue weighted by Gasteiger charge is 2.44. The van der Waals surface area contributed by atoms with Crippen LogP contribution in [-0.4, -0.2) is 53.6 Å². The zero-order valence-electron chi connectivity index (χ0n) is 9.87. The summed E-state index contributed by atoms with van der Waals surface area (Å²) in [5.41, 5.74) is 0. The van der Waals surface area contributed by atoms with Crippen molar-refractivity contribution < 1.29 is 19.1 Å². The molecule has 7 nitrogen and oxygen atoms in total. The maximum Gasteiger partial charge on any atom is 0.417 e. The van der Waals surface area contributed by atoms with Gasteiger partial charge in [0.15, 0.2) is 6.61 Å². The third-order valence-electron chi connectivity index (χ3n) is 3.05. The van der Waals surface area contributed by atoms with E-state index in [1.54, 1.807) is 11.0 Å². The Labute approximate surface area is 112 Å². The van der Waals surface area contributed by atoms with E-state index in [1.807, 2.05) is 11.4 Å². The van der Waals surface area contributed by atoms with Gasteiger partial charge < -0.3 is 9.64 Å². The number of nitrogens with zero attached hydrogens (tertiary/aromatic N) is 2. The number of hydrogen-bond donors (Lipinski definition) is 1. The average Bonchev–Trinajstić information content (AvgIpc) is 2.91. The van der Waals surface area contributed by atoms with E-state index >= 15 is 0 Å². The van der Waals surface area contributed by atoms with E-state index in [1.165, 1.54) is 11.3 Å². The molecular formula is C11H11N3O4S. The summed E-state index contributed by atoms with van der Waals surface area (Å²) in [4.78, 5) is 37.2. The van der Waals surface area contributed by atoms with Gasteiger partial charge in [0.1, 0.15) is 0 Å². The molecule has 0 radical (unpaired) electrons. The second-order valence-corrected chi connectivity index (χ2v) is 5.23. The van der Waals surface area contributed by atoms with Crippen LogP contribution in [0.1, 0.15) is 0 Å². The summed E-state index contributed by atoms with van der Waals surface area (Å²) in [5, 5.41) is 5.38. The number of urea groups is 1. The second kappa shape index (κ2) is 4.54. The van der Waals surface area contributed by atoms with Gasteiger partial charge >= 0.3 is 12.1 Å². The molecule has 1 aromatic rings. The molecule has 100 valence electrons. The summed E-state index contributed by atoms with van der Waals surface area (Å²) in [6.45, 7) is 0.493. The molecule has 0 bridgehead atoms. The van der Waals surface area contributed by atoms with Gasteiger partial charge in [-0.3, -0.25) is 10.1 Å². The number of rotatable bonds is 2. The number of hydrogen-bond acceptors (Lipinski definition) is 5. The SMILES string of the molecule is O=C(Nc1cccs1)N1CC(N2C(=O)COC2=O)C1. The Hall–Kier alpha value is -2.09. The molecule has 2 aliphatic heterocycles. The van der Waals surface area contributed by atoms with Crippen molar-refractivity contribution in [2.45, 2.75) is 6.04 Å². The number of carbonyl (C=O) groups is 3. The Balaban J connectivity index is 1.54. The quantitative estimate of drug-likeness (QED) is 0.875. The van der Waals surface area contributed by atoms with Gasteiger partial charge in [-0.05, 0) is 17.5 Å². The lowest BCUT2D eigenvalue weighted by Gasteiger charge is -2.41. The van der Waals surface area contributed by atoms with Crippen molar-refractivity contribution in [3.63, 3.8) is 0 Å². The first kappa shape index (κ1) is 12.0. The summed E-state index contributed by atoms with van der Waals surface area (Å²) in [5.74, 6) is -0.340. The minimum atomic E-state index is -0.617. The van der Waals surface area contributed by atoms with Crippen molar-refractivity contribution in [3.8, 4) is 0 Å². The third kappa shape index (κ3) is 2.14. The van der Waals surface area contributed by atoms with E-state index in [0.29, 0.717) is 13.1 Å². The highest BCUT2D eigenvalue weighted by Crippen LogP contribution is 2.22. The van der Waals surface area contributed by atoms with Crippen LogP contribution in [-0.2, 0) is 9.53 Å². The standard InChI is InChI=1S/C11H11N3O4S/c15-9-6-18-11(17)14(9)7-4-13(5-7)10(16)12-8-2-1-3-19-8/h1-3,7H,4-6H2,(H,12,16). The van der Waals surface area contributed by atoms with E-state index in [2.05, 4.69) is 10.1 Å². The number of likely N-dealkylation sites (tertiary alicyclic amines) is 1. The van der Waals surface area contributed by atoms with Crippen LogP contribution in [0.5, 0.6) is 0 Å². The summed E-state index contributed by atoms with van der Waals surface area (Å²) < 4.78 is 4.64. The molecule has 0 aromatic carbocycles. The van der Waals surface area contributed by atoms with Gasteiger partial charge in [0, 0.05) is 13.1 Å². The Morgan fingerprint density at radius 2 is 2.21 bits per heavy atom. The van der Waals surface area contributed by atoms with Crippen molar-refractivity contribution >= 4 is 34.4 Å². The summed E-state index contributed by atoms with van der Waals surface area (Å²) >= 11 is 1.43. The van der Waals surface area contributed by atoms with Gasteiger partial charge in [-0.1, -0.05) is 0 Å². The van der Waals surface area contributed by atoms with Gasteiger partial charge in [0.2, 0.25) is 0 Å². The van der Waals surface area contributed by atoms with Crippen molar-refractivity contribution in [1.82, 2.24) is 9.80 Å². The number of thiophene rings is 1. The van der Waals surface area contributed by atoms with Crippen molar-refractivity contribution in [2.75, 3.05) is 25.0 Å². The molecule has 3 heterocycles. The number of ether oxygens (including phenoxy) is 1. The molecule has 8 heteroatoms. The molecule has 19 heavy (non-hydrogen) atoms. The Morgan fingerprint density at radius 1 is 1.42 bits per heavy atom. The van der Waals surface area contributed by atoms with E-state index in [-0.39, 0.29) is 24.6 Å². The average molecular weight is 281 g/mol. The van der Waals surface area contributed by atoms with E-state index in [9.17, 15) is 14.4 Å². The number of anilines is 1. The van der Waals surface area contributed by atoms with E-state index in [0.717, 1.165) is 9.90 Å². The number of amides is 4. The van der Waals surface area contributed by atoms with Crippen LogP contribution in [0.3, 0.4) is 0 Å². The van der Waals surface area contributed by atoms with E-state index < -0.39 is 6.09 Å². The first-order valence-electron chi connectivity index (χ1n) is 5.73. The van der Waals surface area contributed by atoms with Crippen molar-refractivity contribution in [3.05, 3.63) is 17.5 Å². The molecule has 0 unspecified atom stereocenters. The normalized spacial score (nSPS) is 19.4. The van der Waals surface area contributed by atoms with Crippen LogP contribution in [0.25, 0.3) is 0 Å². The summed E-state index contributed by atoms with van der Waals surface area (Å²) in [7, 11) is 0. The fourth-order valence-corrected chi connectivity index (χ4v) is 2.64. The smallest absolute Gasteiger partial charge is 0.417 e. The van der Waals surface area contributed by atoms with Crippen LogP contribution >= 0.6 is 11.3 Å². The topological polar surface area (TPSA) is 79.0 Å². The first-order chi connectivity index (χ1) is 9.15. The first-order valence-corrected chi connectivity index (χ1v) is 6.61. The Morgan fingerprint density at radius 3 is 2.79 bits per heavy atom. The minimum absolute atomic E-state index is 0.198. The lowest BCUT2D eigenvalue weighted by atomic mass is 10.1. The van der Waals surface area contributed by atoms with Crippen LogP contribution in [0.15, 0.2) is 17.5 Å². The van der Waals surface area contributed by atoms with E-state index in [4.69, 9.17) is 0 Å². The van der Waals surface area contributed by atoms with Crippen LogP contribution in [0, 0.1) is 0 Å². The molecule has 1 aromatic heterocycles. The Kier molecular flexibility index (Phi) is 2.86.